The molecule has 0 fully saturated rings. The van der Waals surface area contributed by atoms with Gasteiger partial charge in [0.25, 0.3) is 0 Å². The lowest BCUT2D eigenvalue weighted by atomic mass is 10.1. The summed E-state index contributed by atoms with van der Waals surface area (Å²) in [5.41, 5.74) is 0. The summed E-state index contributed by atoms with van der Waals surface area (Å²) in [7, 11) is 0. The molecular formula is C10H19NO5. The minimum Gasteiger partial charge on any atom is -0.481 e. The molecule has 0 bridgehead atoms. The van der Waals surface area contributed by atoms with Gasteiger partial charge in [-0.05, 0) is 6.42 Å². The molecule has 0 amide bonds. The number of aliphatic carboxylic acids is 2. The standard InChI is InChI=1S/C10H19NO5/c1-3-8(10(15)16)11(4-5-12)6-7(2)9(13)14/h7-8,12H,3-6H2,1-2H3,(H,13,14)(H,15,16). The van der Waals surface area contributed by atoms with Crippen LogP contribution >= 0.6 is 0 Å². The molecule has 0 aliphatic heterocycles. The zero-order valence-corrected chi connectivity index (χ0v) is 9.59. The summed E-state index contributed by atoms with van der Waals surface area (Å²) in [6, 6.07) is -0.742. The summed E-state index contributed by atoms with van der Waals surface area (Å²) in [5.74, 6) is -2.61. The van der Waals surface area contributed by atoms with Gasteiger partial charge >= 0.3 is 11.9 Å². The van der Waals surface area contributed by atoms with E-state index in [0.717, 1.165) is 0 Å². The Balaban J connectivity index is 4.57. The number of carboxylic acids is 2. The van der Waals surface area contributed by atoms with Gasteiger partial charge in [-0.1, -0.05) is 13.8 Å². The summed E-state index contributed by atoms with van der Waals surface area (Å²) in [5, 5.41) is 26.5. The third-order valence-electron chi connectivity index (χ3n) is 2.43. The van der Waals surface area contributed by atoms with Crippen molar-refractivity contribution in [2.45, 2.75) is 26.3 Å². The molecule has 0 aromatic heterocycles. The molecule has 0 aliphatic rings. The first-order valence-corrected chi connectivity index (χ1v) is 5.24. The fourth-order valence-corrected chi connectivity index (χ4v) is 1.52. The number of rotatable bonds is 8. The monoisotopic (exact) mass is 233 g/mol. The first-order chi connectivity index (χ1) is 7.43. The molecule has 0 heterocycles. The van der Waals surface area contributed by atoms with Crippen molar-refractivity contribution >= 4 is 11.9 Å². The normalized spacial score (nSPS) is 14.8. The second-order valence-corrected chi connectivity index (χ2v) is 3.72. The Bertz CT molecular complexity index is 243. The van der Waals surface area contributed by atoms with Crippen LogP contribution in [0.25, 0.3) is 0 Å². The predicted octanol–water partition coefficient (Wildman–Crippen LogP) is -0.135. The van der Waals surface area contributed by atoms with E-state index in [-0.39, 0.29) is 19.7 Å². The maximum atomic E-state index is 10.9. The largest absolute Gasteiger partial charge is 0.481 e. The third-order valence-corrected chi connectivity index (χ3v) is 2.43. The molecule has 16 heavy (non-hydrogen) atoms. The first-order valence-electron chi connectivity index (χ1n) is 5.24. The van der Waals surface area contributed by atoms with Crippen molar-refractivity contribution in [2.24, 2.45) is 5.92 Å². The minimum absolute atomic E-state index is 0.126. The number of nitrogens with zero attached hydrogens (tertiary/aromatic N) is 1. The highest BCUT2D eigenvalue weighted by molar-refractivity contribution is 5.74. The zero-order chi connectivity index (χ0) is 12.7. The van der Waals surface area contributed by atoms with E-state index in [9.17, 15) is 9.59 Å². The fraction of sp³-hybridized carbons (Fsp3) is 0.800. The van der Waals surface area contributed by atoms with Crippen molar-refractivity contribution in [3.8, 4) is 0 Å². The van der Waals surface area contributed by atoms with Gasteiger partial charge in [0, 0.05) is 13.1 Å². The molecule has 0 aliphatic carbocycles. The average molecular weight is 233 g/mol. The van der Waals surface area contributed by atoms with Crippen molar-refractivity contribution in [1.82, 2.24) is 4.90 Å². The first kappa shape index (κ1) is 14.9. The van der Waals surface area contributed by atoms with E-state index in [1.54, 1.807) is 6.92 Å². The van der Waals surface area contributed by atoms with Crippen LogP contribution in [-0.2, 0) is 9.59 Å². The van der Waals surface area contributed by atoms with Crippen LogP contribution in [0.15, 0.2) is 0 Å². The van der Waals surface area contributed by atoms with E-state index >= 15 is 0 Å². The second-order valence-electron chi connectivity index (χ2n) is 3.72. The van der Waals surface area contributed by atoms with Gasteiger partial charge in [0.05, 0.1) is 12.5 Å². The second kappa shape index (κ2) is 7.19. The smallest absolute Gasteiger partial charge is 0.320 e. The molecule has 2 atom stereocenters. The summed E-state index contributed by atoms with van der Waals surface area (Å²) >= 11 is 0. The van der Waals surface area contributed by atoms with E-state index in [0.29, 0.717) is 6.42 Å². The Morgan fingerprint density at radius 2 is 1.81 bits per heavy atom. The van der Waals surface area contributed by atoms with Gasteiger partial charge in [-0.3, -0.25) is 14.5 Å². The summed E-state index contributed by atoms with van der Waals surface area (Å²) in [4.78, 5) is 23.1. The Morgan fingerprint density at radius 3 is 2.12 bits per heavy atom. The van der Waals surface area contributed by atoms with Gasteiger partial charge in [-0.15, -0.1) is 0 Å². The maximum Gasteiger partial charge on any atom is 0.320 e. The number of hydrogen-bond donors (Lipinski definition) is 3. The van der Waals surface area contributed by atoms with Crippen molar-refractivity contribution < 1.29 is 24.9 Å². The highest BCUT2D eigenvalue weighted by Gasteiger charge is 2.26. The van der Waals surface area contributed by atoms with Gasteiger partial charge in [-0.2, -0.15) is 0 Å². The lowest BCUT2D eigenvalue weighted by molar-refractivity contribution is -0.147. The minimum atomic E-state index is -0.992. The van der Waals surface area contributed by atoms with Crippen molar-refractivity contribution in [3.05, 3.63) is 0 Å². The summed E-state index contributed by atoms with van der Waals surface area (Å²) in [6.07, 6.45) is 0.377. The van der Waals surface area contributed by atoms with Gasteiger partial charge in [0.2, 0.25) is 0 Å². The number of carboxylic acid groups (broad SMARTS) is 2. The fourth-order valence-electron chi connectivity index (χ4n) is 1.52. The predicted molar refractivity (Wildman–Crippen MR) is 57.2 cm³/mol. The average Bonchev–Trinajstić information content (AvgIpc) is 2.18. The molecular weight excluding hydrogens is 214 g/mol. The topological polar surface area (TPSA) is 98.1 Å². The zero-order valence-electron chi connectivity index (χ0n) is 9.59. The Labute approximate surface area is 94.5 Å². The maximum absolute atomic E-state index is 10.9. The number of aliphatic hydroxyl groups excluding tert-OH is 1. The van der Waals surface area contributed by atoms with Crippen LogP contribution in [0.3, 0.4) is 0 Å². The van der Waals surface area contributed by atoms with Crippen LogP contribution in [0.1, 0.15) is 20.3 Å². The SMILES string of the molecule is CCC(C(=O)O)N(CCO)CC(C)C(=O)O. The van der Waals surface area contributed by atoms with E-state index in [1.165, 1.54) is 11.8 Å². The molecule has 0 saturated heterocycles. The van der Waals surface area contributed by atoms with E-state index in [1.807, 2.05) is 0 Å². The quantitative estimate of drug-likeness (QED) is 0.540. The van der Waals surface area contributed by atoms with Crippen molar-refractivity contribution in [3.63, 3.8) is 0 Å². The third kappa shape index (κ3) is 4.59. The van der Waals surface area contributed by atoms with Gasteiger partial charge in [-0.25, -0.2) is 0 Å². The van der Waals surface area contributed by atoms with Crippen LogP contribution in [0.2, 0.25) is 0 Å². The Morgan fingerprint density at radius 1 is 1.25 bits per heavy atom. The Kier molecular flexibility index (Phi) is 6.67. The van der Waals surface area contributed by atoms with Crippen molar-refractivity contribution in [1.29, 1.82) is 0 Å². The molecule has 3 N–H and O–H groups in total. The molecule has 0 spiro atoms. The molecule has 0 rings (SSSR count). The van der Waals surface area contributed by atoms with E-state index in [2.05, 4.69) is 0 Å². The molecule has 0 radical (unpaired) electrons. The Hall–Kier alpha value is -1.14. The number of hydrogen-bond acceptors (Lipinski definition) is 4. The summed E-state index contributed by atoms with van der Waals surface area (Å²) < 4.78 is 0. The molecule has 6 nitrogen and oxygen atoms in total. The summed E-state index contributed by atoms with van der Waals surface area (Å²) in [6.45, 7) is 3.34. The number of carbonyl (C=O) groups is 2. The molecule has 0 saturated carbocycles. The van der Waals surface area contributed by atoms with Crippen molar-refractivity contribution in [2.75, 3.05) is 19.7 Å². The highest BCUT2D eigenvalue weighted by Crippen LogP contribution is 2.08. The van der Waals surface area contributed by atoms with Crippen LogP contribution in [0, 0.1) is 5.92 Å². The lowest BCUT2D eigenvalue weighted by Gasteiger charge is -2.28. The van der Waals surface area contributed by atoms with Gasteiger partial charge in [0.1, 0.15) is 6.04 Å². The van der Waals surface area contributed by atoms with Gasteiger partial charge < -0.3 is 15.3 Å². The van der Waals surface area contributed by atoms with Crippen LogP contribution < -0.4 is 0 Å². The van der Waals surface area contributed by atoms with Crippen LogP contribution in [0.5, 0.6) is 0 Å². The van der Waals surface area contributed by atoms with E-state index in [4.69, 9.17) is 15.3 Å². The lowest BCUT2D eigenvalue weighted by Crippen LogP contribution is -2.45. The highest BCUT2D eigenvalue weighted by atomic mass is 16.4. The molecule has 2 unspecified atom stereocenters. The van der Waals surface area contributed by atoms with Crippen LogP contribution in [0.4, 0.5) is 0 Å². The van der Waals surface area contributed by atoms with E-state index < -0.39 is 23.9 Å². The van der Waals surface area contributed by atoms with Gasteiger partial charge in [0.15, 0.2) is 0 Å². The molecule has 6 heteroatoms. The molecule has 0 aromatic carbocycles. The number of aliphatic hydroxyl groups is 1. The van der Waals surface area contributed by atoms with Crippen LogP contribution in [-0.4, -0.2) is 57.9 Å². The molecule has 94 valence electrons. The molecule has 0 aromatic rings.